The Morgan fingerprint density at radius 3 is 2.88 bits per heavy atom. The maximum absolute atomic E-state index is 11.4. The molecule has 1 rings (SSSR count). The first-order valence-corrected chi connectivity index (χ1v) is 6.61. The molecule has 0 bridgehead atoms. The number of hydrogen-bond donors (Lipinski definition) is 0. The maximum atomic E-state index is 11.4. The largest absolute Gasteiger partial charge is 0.464 e. The number of aromatic nitrogens is 1. The minimum absolute atomic E-state index is 0.366. The first-order valence-electron chi connectivity index (χ1n) is 5.22. The summed E-state index contributed by atoms with van der Waals surface area (Å²) >= 11 is 1.83. The van der Waals surface area contributed by atoms with Crippen LogP contribution in [0.25, 0.3) is 0 Å². The Labute approximate surface area is 101 Å². The average Bonchev–Trinajstić information content (AvgIpc) is 2.27. The number of nitrogens with zero attached hydrogens (tertiary/aromatic N) is 1. The van der Waals surface area contributed by atoms with Crippen molar-refractivity contribution in [1.82, 2.24) is 4.98 Å². The minimum Gasteiger partial charge on any atom is -0.464 e. The van der Waals surface area contributed by atoms with Crippen LogP contribution in [0.4, 0.5) is 0 Å². The molecular weight excluding hydrogens is 222 g/mol. The van der Waals surface area contributed by atoms with Crippen LogP contribution in [0.1, 0.15) is 28.2 Å². The molecular formula is C12H17NO2S. The van der Waals surface area contributed by atoms with Crippen molar-refractivity contribution >= 4 is 17.7 Å². The van der Waals surface area contributed by atoms with Gasteiger partial charge in [0.15, 0.2) is 0 Å². The summed E-state index contributed by atoms with van der Waals surface area (Å²) in [7, 11) is 1.37. The Kier molecular flexibility index (Phi) is 5.32. The van der Waals surface area contributed by atoms with Gasteiger partial charge >= 0.3 is 5.97 Å². The molecule has 0 aliphatic carbocycles. The Morgan fingerprint density at radius 2 is 2.25 bits per heavy atom. The number of esters is 1. The molecule has 1 aromatic heterocycles. The van der Waals surface area contributed by atoms with Gasteiger partial charge in [-0.25, -0.2) is 9.78 Å². The molecule has 0 atom stereocenters. The van der Waals surface area contributed by atoms with Crippen LogP contribution in [0.15, 0.2) is 12.1 Å². The Morgan fingerprint density at radius 1 is 1.50 bits per heavy atom. The second-order valence-electron chi connectivity index (χ2n) is 3.59. The molecule has 1 aromatic rings. The summed E-state index contributed by atoms with van der Waals surface area (Å²) in [6.07, 6.45) is 4.19. The van der Waals surface area contributed by atoms with Gasteiger partial charge in [-0.3, -0.25) is 0 Å². The molecule has 4 heteroatoms. The normalized spacial score (nSPS) is 10.2. The summed E-state index contributed by atoms with van der Waals surface area (Å²) in [5.41, 5.74) is 2.42. The van der Waals surface area contributed by atoms with E-state index in [1.54, 1.807) is 0 Å². The highest BCUT2D eigenvalue weighted by atomic mass is 32.2. The van der Waals surface area contributed by atoms with Crippen molar-refractivity contribution in [3.63, 3.8) is 0 Å². The molecule has 0 aliphatic rings. The fraction of sp³-hybridized carbons (Fsp3) is 0.500. The van der Waals surface area contributed by atoms with Crippen LogP contribution in [-0.4, -0.2) is 30.1 Å². The average molecular weight is 239 g/mol. The zero-order valence-corrected chi connectivity index (χ0v) is 10.8. The summed E-state index contributed by atoms with van der Waals surface area (Å²) in [5.74, 6) is 0.768. The Hall–Kier alpha value is -1.03. The van der Waals surface area contributed by atoms with Crippen molar-refractivity contribution in [2.75, 3.05) is 19.1 Å². The number of rotatable bonds is 5. The first kappa shape index (κ1) is 13.0. The van der Waals surface area contributed by atoms with Crippen molar-refractivity contribution < 1.29 is 9.53 Å². The summed E-state index contributed by atoms with van der Waals surface area (Å²) in [6, 6.07) is 3.84. The third kappa shape index (κ3) is 3.85. The van der Waals surface area contributed by atoms with Gasteiger partial charge in [0.1, 0.15) is 5.69 Å². The summed E-state index contributed by atoms with van der Waals surface area (Å²) < 4.78 is 4.67. The maximum Gasteiger partial charge on any atom is 0.356 e. The number of pyridine rings is 1. The molecule has 0 saturated heterocycles. The van der Waals surface area contributed by atoms with Crippen LogP contribution in [-0.2, 0) is 11.2 Å². The smallest absolute Gasteiger partial charge is 0.356 e. The van der Waals surface area contributed by atoms with Crippen molar-refractivity contribution in [2.45, 2.75) is 19.8 Å². The quantitative estimate of drug-likeness (QED) is 0.584. The lowest BCUT2D eigenvalue weighted by molar-refractivity contribution is 0.0593. The lowest BCUT2D eigenvalue weighted by atomic mass is 10.1. The molecule has 16 heavy (non-hydrogen) atoms. The molecule has 88 valence electrons. The van der Waals surface area contributed by atoms with Crippen molar-refractivity contribution in [3.05, 3.63) is 29.1 Å². The van der Waals surface area contributed by atoms with Gasteiger partial charge in [0, 0.05) is 5.69 Å². The molecule has 0 aliphatic heterocycles. The van der Waals surface area contributed by atoms with Gasteiger partial charge in [0.05, 0.1) is 7.11 Å². The topological polar surface area (TPSA) is 39.2 Å². The van der Waals surface area contributed by atoms with Gasteiger partial charge in [-0.2, -0.15) is 11.8 Å². The monoisotopic (exact) mass is 239 g/mol. The zero-order valence-electron chi connectivity index (χ0n) is 9.95. The molecule has 0 amide bonds. The molecule has 3 nitrogen and oxygen atoms in total. The standard InChI is InChI=1S/C12H17NO2S/c1-9-7-10(5-4-6-16-3)8-11(13-9)12(14)15-2/h7-8H,4-6H2,1-3H3. The van der Waals surface area contributed by atoms with E-state index < -0.39 is 0 Å². The van der Waals surface area contributed by atoms with Crippen LogP contribution in [0.2, 0.25) is 0 Å². The van der Waals surface area contributed by atoms with E-state index in [0.717, 1.165) is 29.9 Å². The van der Waals surface area contributed by atoms with Crippen LogP contribution in [0, 0.1) is 6.92 Å². The van der Waals surface area contributed by atoms with Gasteiger partial charge < -0.3 is 4.74 Å². The van der Waals surface area contributed by atoms with E-state index in [4.69, 9.17) is 0 Å². The highest BCUT2D eigenvalue weighted by Gasteiger charge is 2.08. The number of hydrogen-bond acceptors (Lipinski definition) is 4. The fourth-order valence-corrected chi connectivity index (χ4v) is 1.95. The number of methoxy groups -OCH3 is 1. The van der Waals surface area contributed by atoms with Gasteiger partial charge in [-0.1, -0.05) is 0 Å². The van der Waals surface area contributed by atoms with E-state index in [0.29, 0.717) is 5.69 Å². The summed E-state index contributed by atoms with van der Waals surface area (Å²) in [5, 5.41) is 0. The third-order valence-electron chi connectivity index (χ3n) is 2.22. The predicted octanol–water partition coefficient (Wildman–Crippen LogP) is 2.47. The van der Waals surface area contributed by atoms with E-state index in [2.05, 4.69) is 16.0 Å². The van der Waals surface area contributed by atoms with Crippen LogP contribution < -0.4 is 0 Å². The van der Waals surface area contributed by atoms with E-state index in [1.807, 2.05) is 30.8 Å². The summed E-state index contributed by atoms with van der Waals surface area (Å²) in [4.78, 5) is 15.5. The summed E-state index contributed by atoms with van der Waals surface area (Å²) in [6.45, 7) is 1.89. The highest BCUT2D eigenvalue weighted by molar-refractivity contribution is 7.98. The van der Waals surface area contributed by atoms with Crippen LogP contribution in [0.5, 0.6) is 0 Å². The van der Waals surface area contributed by atoms with Crippen molar-refractivity contribution in [2.24, 2.45) is 0 Å². The van der Waals surface area contributed by atoms with Crippen LogP contribution >= 0.6 is 11.8 Å². The zero-order chi connectivity index (χ0) is 12.0. The van der Waals surface area contributed by atoms with Crippen LogP contribution in [0.3, 0.4) is 0 Å². The Bertz CT molecular complexity index is 366. The van der Waals surface area contributed by atoms with Gasteiger partial charge in [-0.05, 0) is 49.5 Å². The van der Waals surface area contributed by atoms with Gasteiger partial charge in [0.25, 0.3) is 0 Å². The number of carbonyl (C=O) groups is 1. The lowest BCUT2D eigenvalue weighted by Crippen LogP contribution is -2.06. The molecule has 0 radical (unpaired) electrons. The van der Waals surface area contributed by atoms with E-state index in [9.17, 15) is 4.79 Å². The number of ether oxygens (including phenoxy) is 1. The van der Waals surface area contributed by atoms with Crippen molar-refractivity contribution in [1.29, 1.82) is 0 Å². The van der Waals surface area contributed by atoms with Crippen molar-refractivity contribution in [3.8, 4) is 0 Å². The van der Waals surface area contributed by atoms with E-state index in [-0.39, 0.29) is 5.97 Å². The third-order valence-corrected chi connectivity index (χ3v) is 2.92. The minimum atomic E-state index is -0.366. The highest BCUT2D eigenvalue weighted by Crippen LogP contribution is 2.10. The second kappa shape index (κ2) is 6.53. The molecule has 0 spiro atoms. The van der Waals surface area contributed by atoms with Gasteiger partial charge in [-0.15, -0.1) is 0 Å². The first-order chi connectivity index (χ1) is 7.67. The fourth-order valence-electron chi connectivity index (χ4n) is 1.51. The SMILES string of the molecule is COC(=O)c1cc(CCCSC)cc(C)n1. The van der Waals surface area contributed by atoms with E-state index >= 15 is 0 Å². The molecule has 1 heterocycles. The molecule has 0 fully saturated rings. The molecule has 0 aromatic carbocycles. The molecule has 0 unspecified atom stereocenters. The second-order valence-corrected chi connectivity index (χ2v) is 4.58. The molecule has 0 N–H and O–H groups in total. The lowest BCUT2D eigenvalue weighted by Gasteiger charge is -2.05. The predicted molar refractivity (Wildman–Crippen MR) is 67.0 cm³/mol. The number of carbonyl (C=O) groups excluding carboxylic acids is 1. The molecule has 0 saturated carbocycles. The number of thioether (sulfide) groups is 1. The Balaban J connectivity index is 2.77. The van der Waals surface area contributed by atoms with Gasteiger partial charge in [0.2, 0.25) is 0 Å². The van der Waals surface area contributed by atoms with E-state index in [1.165, 1.54) is 7.11 Å². The number of aryl methyl sites for hydroxylation is 2.